The van der Waals surface area contributed by atoms with Crippen LogP contribution in [0.3, 0.4) is 0 Å². The number of guanidine groups is 1. The first-order valence-corrected chi connectivity index (χ1v) is 5.47. The van der Waals surface area contributed by atoms with Gasteiger partial charge in [0.1, 0.15) is 0 Å². The Morgan fingerprint density at radius 3 is 2.93 bits per heavy atom. The van der Waals surface area contributed by atoms with E-state index in [1.807, 2.05) is 18.0 Å². The molecule has 0 aromatic heterocycles. The van der Waals surface area contributed by atoms with Crippen LogP contribution < -0.4 is 5.73 Å². The summed E-state index contributed by atoms with van der Waals surface area (Å²) in [6.07, 6.45) is 5.21. The summed E-state index contributed by atoms with van der Waals surface area (Å²) in [5.74, 6) is 0.629. The fourth-order valence-corrected chi connectivity index (χ4v) is 1.25. The van der Waals surface area contributed by atoms with Crippen LogP contribution in [-0.2, 0) is 4.74 Å². The van der Waals surface area contributed by atoms with Gasteiger partial charge in [-0.2, -0.15) is 0 Å². The van der Waals surface area contributed by atoms with Gasteiger partial charge < -0.3 is 15.4 Å². The first kappa shape index (κ1) is 12.0. The molecule has 0 aromatic carbocycles. The van der Waals surface area contributed by atoms with Crippen molar-refractivity contribution in [3.05, 3.63) is 12.7 Å². The summed E-state index contributed by atoms with van der Waals surface area (Å²) in [7, 11) is 2.00. The molecule has 0 saturated heterocycles. The van der Waals surface area contributed by atoms with Crippen molar-refractivity contribution in [1.29, 1.82) is 0 Å². The van der Waals surface area contributed by atoms with E-state index in [2.05, 4.69) is 11.6 Å². The maximum Gasteiger partial charge on any atom is 0.191 e. The van der Waals surface area contributed by atoms with Crippen molar-refractivity contribution in [3.63, 3.8) is 0 Å². The monoisotopic (exact) mass is 211 g/mol. The summed E-state index contributed by atoms with van der Waals surface area (Å²) in [5.41, 5.74) is 5.80. The fourth-order valence-electron chi connectivity index (χ4n) is 1.25. The minimum atomic E-state index is 0.621. The van der Waals surface area contributed by atoms with E-state index in [0.717, 1.165) is 13.0 Å². The second-order valence-electron chi connectivity index (χ2n) is 3.77. The minimum absolute atomic E-state index is 0.621. The molecule has 0 amide bonds. The molecule has 0 heterocycles. The number of ether oxygens (including phenoxy) is 1. The number of nitrogens with zero attached hydrogens (tertiary/aromatic N) is 2. The Bertz CT molecular complexity index is 224. The second-order valence-corrected chi connectivity index (χ2v) is 3.77. The Balaban J connectivity index is 2.05. The van der Waals surface area contributed by atoms with Crippen molar-refractivity contribution in [3.8, 4) is 0 Å². The highest BCUT2D eigenvalue weighted by Crippen LogP contribution is 2.24. The van der Waals surface area contributed by atoms with Crippen LogP contribution in [0.15, 0.2) is 17.6 Å². The lowest BCUT2D eigenvalue weighted by Crippen LogP contribution is -2.36. The summed E-state index contributed by atoms with van der Waals surface area (Å²) in [6.45, 7) is 5.61. The SMILES string of the molecule is C=CCCOCCN=C(N)N(C)C1CC1. The number of aliphatic imine (C=N–C) groups is 1. The van der Waals surface area contributed by atoms with Crippen molar-refractivity contribution in [2.45, 2.75) is 25.3 Å². The predicted octanol–water partition coefficient (Wildman–Crippen LogP) is 0.988. The molecule has 0 aliphatic heterocycles. The molecule has 0 spiro atoms. The quantitative estimate of drug-likeness (QED) is 0.296. The van der Waals surface area contributed by atoms with Gasteiger partial charge >= 0.3 is 0 Å². The zero-order valence-electron chi connectivity index (χ0n) is 9.48. The fraction of sp³-hybridized carbons (Fsp3) is 0.727. The molecule has 15 heavy (non-hydrogen) atoms. The summed E-state index contributed by atoms with van der Waals surface area (Å²) in [4.78, 5) is 6.30. The Morgan fingerprint density at radius 2 is 2.33 bits per heavy atom. The first-order chi connectivity index (χ1) is 7.25. The van der Waals surface area contributed by atoms with Crippen molar-refractivity contribution in [2.75, 3.05) is 26.8 Å². The highest BCUT2D eigenvalue weighted by atomic mass is 16.5. The van der Waals surface area contributed by atoms with Gasteiger partial charge in [0.2, 0.25) is 0 Å². The molecular formula is C11H21N3O. The highest BCUT2D eigenvalue weighted by molar-refractivity contribution is 5.78. The third-order valence-electron chi connectivity index (χ3n) is 2.43. The van der Waals surface area contributed by atoms with Gasteiger partial charge in [0.05, 0.1) is 19.8 Å². The highest BCUT2D eigenvalue weighted by Gasteiger charge is 2.27. The van der Waals surface area contributed by atoms with E-state index in [1.165, 1.54) is 12.8 Å². The predicted molar refractivity (Wildman–Crippen MR) is 62.9 cm³/mol. The van der Waals surface area contributed by atoms with Gasteiger partial charge in [0, 0.05) is 13.1 Å². The number of hydrogen-bond acceptors (Lipinski definition) is 2. The molecule has 0 radical (unpaired) electrons. The lowest BCUT2D eigenvalue weighted by molar-refractivity contribution is 0.146. The standard InChI is InChI=1S/C11H21N3O/c1-3-4-8-15-9-7-13-11(12)14(2)10-5-6-10/h3,10H,1,4-9H2,2H3,(H2,12,13). The summed E-state index contributed by atoms with van der Waals surface area (Å²) >= 11 is 0. The summed E-state index contributed by atoms with van der Waals surface area (Å²) in [6, 6.07) is 0.621. The summed E-state index contributed by atoms with van der Waals surface area (Å²) in [5, 5.41) is 0. The van der Waals surface area contributed by atoms with E-state index in [4.69, 9.17) is 10.5 Å². The number of rotatable bonds is 7. The molecule has 86 valence electrons. The first-order valence-electron chi connectivity index (χ1n) is 5.47. The number of nitrogens with two attached hydrogens (primary N) is 1. The molecule has 0 unspecified atom stereocenters. The molecule has 1 saturated carbocycles. The molecule has 1 fully saturated rings. The molecule has 4 nitrogen and oxygen atoms in total. The van der Waals surface area contributed by atoms with Gasteiger partial charge in [-0.1, -0.05) is 6.08 Å². The second kappa shape index (κ2) is 6.45. The van der Waals surface area contributed by atoms with Crippen LogP contribution in [-0.4, -0.2) is 43.7 Å². The molecule has 2 N–H and O–H groups in total. The molecule has 1 aliphatic carbocycles. The van der Waals surface area contributed by atoms with Crippen molar-refractivity contribution in [2.24, 2.45) is 10.7 Å². The largest absolute Gasteiger partial charge is 0.379 e. The molecule has 1 aliphatic rings. The molecule has 1 rings (SSSR count). The zero-order valence-corrected chi connectivity index (χ0v) is 9.48. The van der Waals surface area contributed by atoms with E-state index in [1.54, 1.807) is 0 Å². The Kier molecular flexibility index (Phi) is 5.18. The average molecular weight is 211 g/mol. The van der Waals surface area contributed by atoms with Gasteiger partial charge in [-0.15, -0.1) is 6.58 Å². The Labute approximate surface area is 91.8 Å². The van der Waals surface area contributed by atoms with E-state index in [-0.39, 0.29) is 0 Å². The molecule has 0 aromatic rings. The van der Waals surface area contributed by atoms with Gasteiger partial charge in [-0.3, -0.25) is 4.99 Å². The molecule has 0 atom stereocenters. The third-order valence-corrected chi connectivity index (χ3v) is 2.43. The molecule has 0 bridgehead atoms. The van der Waals surface area contributed by atoms with Crippen molar-refractivity contribution in [1.82, 2.24) is 4.90 Å². The van der Waals surface area contributed by atoms with Gasteiger partial charge in [-0.05, 0) is 19.3 Å². The lowest BCUT2D eigenvalue weighted by atomic mass is 10.5. The zero-order chi connectivity index (χ0) is 11.1. The van der Waals surface area contributed by atoms with Crippen molar-refractivity contribution < 1.29 is 4.74 Å². The van der Waals surface area contributed by atoms with Crippen LogP contribution in [0.25, 0.3) is 0 Å². The van der Waals surface area contributed by atoms with Gasteiger partial charge in [0.15, 0.2) is 5.96 Å². The maximum absolute atomic E-state index is 5.80. The minimum Gasteiger partial charge on any atom is -0.379 e. The maximum atomic E-state index is 5.80. The smallest absolute Gasteiger partial charge is 0.191 e. The van der Waals surface area contributed by atoms with Crippen LogP contribution in [0.2, 0.25) is 0 Å². The third kappa shape index (κ3) is 4.83. The van der Waals surface area contributed by atoms with Crippen LogP contribution in [0, 0.1) is 0 Å². The van der Waals surface area contributed by atoms with Gasteiger partial charge in [-0.25, -0.2) is 0 Å². The van der Waals surface area contributed by atoms with Crippen LogP contribution in [0.1, 0.15) is 19.3 Å². The summed E-state index contributed by atoms with van der Waals surface area (Å²) < 4.78 is 5.33. The van der Waals surface area contributed by atoms with Crippen molar-refractivity contribution >= 4 is 5.96 Å². The normalized spacial score (nSPS) is 16.5. The average Bonchev–Trinajstić information content (AvgIpc) is 3.05. The van der Waals surface area contributed by atoms with E-state index >= 15 is 0 Å². The van der Waals surface area contributed by atoms with E-state index in [9.17, 15) is 0 Å². The molecule has 4 heteroatoms. The Hall–Kier alpha value is -1.03. The topological polar surface area (TPSA) is 50.9 Å². The van der Waals surface area contributed by atoms with Crippen LogP contribution in [0.5, 0.6) is 0 Å². The Morgan fingerprint density at radius 1 is 1.60 bits per heavy atom. The molecular weight excluding hydrogens is 190 g/mol. The van der Waals surface area contributed by atoms with Gasteiger partial charge in [0.25, 0.3) is 0 Å². The lowest BCUT2D eigenvalue weighted by Gasteiger charge is -2.16. The van der Waals surface area contributed by atoms with Crippen LogP contribution >= 0.6 is 0 Å². The van der Waals surface area contributed by atoms with Crippen LogP contribution in [0.4, 0.5) is 0 Å². The van der Waals surface area contributed by atoms with E-state index in [0.29, 0.717) is 25.2 Å². The van der Waals surface area contributed by atoms with E-state index < -0.39 is 0 Å². The number of hydrogen-bond donors (Lipinski definition) is 1.